The third-order valence-electron chi connectivity index (χ3n) is 8.91. The highest BCUT2D eigenvalue weighted by Crippen LogP contribution is 2.34. The summed E-state index contributed by atoms with van der Waals surface area (Å²) in [6, 6.07) is 2.65. The third kappa shape index (κ3) is 7.07. The largest absolute Gasteiger partial charge is 0.504 e. The van der Waals surface area contributed by atoms with E-state index < -0.39 is 29.1 Å². The summed E-state index contributed by atoms with van der Waals surface area (Å²) >= 11 is 6.14. The van der Waals surface area contributed by atoms with Gasteiger partial charge in [0, 0.05) is 24.3 Å². The Bertz CT molecular complexity index is 2060. The second-order valence-electron chi connectivity index (χ2n) is 12.3. The van der Waals surface area contributed by atoms with Gasteiger partial charge in [0.2, 0.25) is 11.7 Å². The van der Waals surface area contributed by atoms with Crippen molar-refractivity contribution in [3.63, 3.8) is 0 Å². The van der Waals surface area contributed by atoms with Crippen LogP contribution in [0.2, 0.25) is 5.02 Å². The summed E-state index contributed by atoms with van der Waals surface area (Å²) in [5.74, 6) is -1.26. The topological polar surface area (TPSA) is 157 Å². The molecule has 1 aromatic carbocycles. The van der Waals surface area contributed by atoms with Crippen molar-refractivity contribution in [3.05, 3.63) is 80.0 Å². The van der Waals surface area contributed by atoms with Crippen molar-refractivity contribution in [1.29, 1.82) is 0 Å². The first-order chi connectivity index (χ1) is 23.8. The molecule has 3 aromatic heterocycles. The Morgan fingerprint density at radius 1 is 1.16 bits per heavy atom. The number of nitrogens with one attached hydrogen (secondary N) is 1. The Labute approximate surface area is 288 Å². The molecule has 0 fully saturated rings. The van der Waals surface area contributed by atoms with Crippen molar-refractivity contribution in [2.24, 2.45) is 0 Å². The van der Waals surface area contributed by atoms with Gasteiger partial charge in [-0.25, -0.2) is 9.97 Å². The Balaban J connectivity index is 1.42. The third-order valence-corrected chi connectivity index (χ3v) is 9.23. The number of amides is 2. The number of anilines is 1. The zero-order valence-corrected chi connectivity index (χ0v) is 28.0. The number of hydrogen-bond acceptors (Lipinski definition) is 9. The summed E-state index contributed by atoms with van der Waals surface area (Å²) < 4.78 is 47.9. The van der Waals surface area contributed by atoms with Crippen LogP contribution < -0.4 is 10.9 Å². The lowest BCUT2D eigenvalue weighted by atomic mass is 9.93. The molecule has 5 heterocycles. The molecule has 2 amide bonds. The molecule has 2 N–H and O–H groups in total. The first-order valence-corrected chi connectivity index (χ1v) is 16.5. The molecular weight excluding hydrogens is 681 g/mol. The Morgan fingerprint density at radius 3 is 2.68 bits per heavy atom. The number of ether oxygens (including phenoxy) is 1. The van der Waals surface area contributed by atoms with E-state index in [1.54, 1.807) is 11.5 Å². The Hall–Kier alpha value is -4.83. The van der Waals surface area contributed by atoms with E-state index >= 15 is 0 Å². The van der Waals surface area contributed by atoms with Gasteiger partial charge in [-0.05, 0) is 62.3 Å². The van der Waals surface area contributed by atoms with Crippen LogP contribution in [0.4, 0.5) is 18.9 Å². The number of carbonyl (C=O) groups is 2. The van der Waals surface area contributed by atoms with Crippen LogP contribution in [0.1, 0.15) is 77.4 Å². The van der Waals surface area contributed by atoms with Crippen molar-refractivity contribution in [1.82, 2.24) is 34.0 Å². The number of nitrogens with zero attached hydrogens (tertiary/aromatic N) is 7. The second kappa shape index (κ2) is 14.2. The van der Waals surface area contributed by atoms with Crippen LogP contribution in [0.3, 0.4) is 0 Å². The fourth-order valence-electron chi connectivity index (χ4n) is 6.29. The number of halogens is 4. The number of fused-ring (bicyclic) bond motifs is 2. The lowest BCUT2D eigenvalue weighted by molar-refractivity contribution is -0.137. The second-order valence-corrected chi connectivity index (χ2v) is 12.7. The Morgan fingerprint density at radius 2 is 1.96 bits per heavy atom. The highest BCUT2D eigenvalue weighted by atomic mass is 35.5. The predicted octanol–water partition coefficient (Wildman–Crippen LogP) is 4.78. The number of carbonyl (C=O) groups excluding carboxylic acids is 2. The van der Waals surface area contributed by atoms with Crippen molar-refractivity contribution >= 4 is 40.5 Å². The molecule has 2 aliphatic rings. The van der Waals surface area contributed by atoms with E-state index in [1.165, 1.54) is 11.2 Å². The first-order valence-electron chi connectivity index (χ1n) is 16.1. The van der Waals surface area contributed by atoms with E-state index in [1.807, 2.05) is 13.0 Å². The van der Waals surface area contributed by atoms with Gasteiger partial charge in [-0.2, -0.15) is 22.7 Å². The van der Waals surface area contributed by atoms with Crippen molar-refractivity contribution in [3.8, 4) is 5.75 Å². The lowest BCUT2D eigenvalue weighted by Crippen LogP contribution is -2.38. The summed E-state index contributed by atoms with van der Waals surface area (Å²) in [5, 5.41) is 17.4. The van der Waals surface area contributed by atoms with Crippen LogP contribution >= 0.6 is 11.6 Å². The van der Waals surface area contributed by atoms with Crippen LogP contribution in [0.25, 0.3) is 11.4 Å². The summed E-state index contributed by atoms with van der Waals surface area (Å²) in [6.45, 7) is 4.39. The van der Waals surface area contributed by atoms with Crippen LogP contribution in [-0.4, -0.2) is 77.3 Å². The lowest BCUT2D eigenvalue weighted by Gasteiger charge is -2.28. The summed E-state index contributed by atoms with van der Waals surface area (Å²) in [6.07, 6.45) is 0.902. The average molecular weight is 715 g/mol. The van der Waals surface area contributed by atoms with Crippen molar-refractivity contribution in [2.45, 2.75) is 64.6 Å². The highest BCUT2D eigenvalue weighted by molar-refractivity contribution is 6.33. The fraction of sp³-hybridized carbons (Fsp3) is 0.424. The SMILES string of the molecule is Cc1ncnc(C(=O)N2CCCCC(C)c3c(c(=O)n4nc(C5=CCOCC5)nc4n3CC(=O)Nc3ccc(C(F)(F)F)cc3Cl)CC2)c1O. The number of aryl methyl sites for hydroxylation is 1. The molecule has 2 aliphatic heterocycles. The van der Waals surface area contributed by atoms with Crippen LogP contribution in [-0.2, 0) is 28.7 Å². The van der Waals surface area contributed by atoms with E-state index in [2.05, 4.69) is 20.4 Å². The van der Waals surface area contributed by atoms with Crippen molar-refractivity contribution < 1.29 is 32.6 Å². The van der Waals surface area contributed by atoms with E-state index in [-0.39, 0.29) is 59.1 Å². The average Bonchev–Trinajstić information content (AvgIpc) is 3.54. The van der Waals surface area contributed by atoms with Crippen LogP contribution in [0.15, 0.2) is 35.4 Å². The minimum Gasteiger partial charge on any atom is -0.504 e. The molecule has 1 atom stereocenters. The fourth-order valence-corrected chi connectivity index (χ4v) is 6.52. The molecule has 264 valence electrons. The molecule has 4 aromatic rings. The number of aromatic nitrogens is 6. The standard InChI is InChI=1S/C33H34ClF3N8O5/c1-18-5-3-4-11-43(31(49)26-28(47)19(2)38-17-39-26)12-8-22-27(18)44(16-25(46)40-24-7-6-21(15-23(24)34)33(35,36)37)32-41-29(42-45(32)30(22)48)20-9-13-50-14-10-20/h6-7,9,15,17-18,47H,3-5,8,10-14,16H2,1-2H3,(H,40,46). The van der Waals surface area contributed by atoms with Gasteiger partial charge in [0.05, 0.1) is 35.2 Å². The van der Waals surface area contributed by atoms with Crippen molar-refractivity contribution in [2.75, 3.05) is 31.6 Å². The van der Waals surface area contributed by atoms with Gasteiger partial charge in [-0.3, -0.25) is 14.4 Å². The summed E-state index contributed by atoms with van der Waals surface area (Å²) in [4.78, 5) is 55.6. The van der Waals surface area contributed by atoms with Gasteiger partial charge in [0.25, 0.3) is 11.5 Å². The van der Waals surface area contributed by atoms with Gasteiger partial charge in [0.15, 0.2) is 17.3 Å². The van der Waals surface area contributed by atoms with Gasteiger partial charge < -0.3 is 24.6 Å². The molecule has 0 spiro atoms. The molecule has 17 heteroatoms. The predicted molar refractivity (Wildman–Crippen MR) is 176 cm³/mol. The number of alkyl halides is 3. The minimum absolute atomic E-state index is 0.0159. The highest BCUT2D eigenvalue weighted by Gasteiger charge is 2.32. The van der Waals surface area contributed by atoms with E-state index in [0.29, 0.717) is 62.5 Å². The van der Waals surface area contributed by atoms with Gasteiger partial charge in [-0.1, -0.05) is 31.0 Å². The minimum atomic E-state index is -4.61. The molecule has 50 heavy (non-hydrogen) atoms. The van der Waals surface area contributed by atoms with Gasteiger partial charge in [0.1, 0.15) is 12.9 Å². The van der Waals surface area contributed by atoms with E-state index in [9.17, 15) is 32.7 Å². The van der Waals surface area contributed by atoms with E-state index in [4.69, 9.17) is 21.3 Å². The van der Waals surface area contributed by atoms with E-state index in [0.717, 1.165) is 28.3 Å². The van der Waals surface area contributed by atoms with Gasteiger partial charge in [-0.15, -0.1) is 5.10 Å². The molecule has 0 saturated heterocycles. The normalized spacial score (nSPS) is 17.3. The zero-order chi connectivity index (χ0) is 35.7. The maximum atomic E-state index is 14.2. The number of hydrogen-bond donors (Lipinski definition) is 2. The molecule has 6 rings (SSSR count). The zero-order valence-electron chi connectivity index (χ0n) is 27.3. The maximum Gasteiger partial charge on any atom is 0.416 e. The molecule has 0 bridgehead atoms. The summed E-state index contributed by atoms with van der Waals surface area (Å²) in [5.41, 5.74) is 0.323. The molecular formula is C33H34ClF3N8O5. The van der Waals surface area contributed by atoms with Crippen LogP contribution in [0.5, 0.6) is 5.75 Å². The monoisotopic (exact) mass is 714 g/mol. The number of benzene rings is 1. The smallest absolute Gasteiger partial charge is 0.416 e. The summed E-state index contributed by atoms with van der Waals surface area (Å²) in [7, 11) is 0. The maximum absolute atomic E-state index is 14.2. The molecule has 0 aliphatic carbocycles. The number of aromatic hydroxyl groups is 1. The molecule has 13 nitrogen and oxygen atoms in total. The molecule has 0 radical (unpaired) electrons. The van der Waals surface area contributed by atoms with Gasteiger partial charge >= 0.3 is 6.18 Å². The van der Waals surface area contributed by atoms with Crippen LogP contribution in [0, 0.1) is 6.92 Å². The quantitative estimate of drug-likeness (QED) is 0.297. The Kier molecular flexibility index (Phi) is 9.94. The molecule has 0 saturated carbocycles. The number of rotatable bonds is 5. The molecule has 1 unspecified atom stereocenters. The first kappa shape index (κ1) is 35.0.